The number of hydrogen-bond donors (Lipinski definition) is 2. The fourth-order valence-corrected chi connectivity index (χ4v) is 5.28. The molecule has 2 aromatic carbocycles. The Kier molecular flexibility index (Phi) is 11.2. The Labute approximate surface area is 222 Å². The van der Waals surface area contributed by atoms with Crippen LogP contribution in [0, 0.1) is 0 Å². The van der Waals surface area contributed by atoms with Gasteiger partial charge in [-0.15, -0.1) is 0 Å². The van der Waals surface area contributed by atoms with E-state index in [4.69, 9.17) is 16.3 Å². The molecule has 1 heterocycles. The molecule has 1 saturated carbocycles. The summed E-state index contributed by atoms with van der Waals surface area (Å²) in [7, 11) is 0. The van der Waals surface area contributed by atoms with Gasteiger partial charge in [0.25, 0.3) is 0 Å². The lowest BCUT2D eigenvalue weighted by Crippen LogP contribution is -2.50. The second-order valence-corrected chi connectivity index (χ2v) is 10.0. The monoisotopic (exact) mass is 514 g/mol. The predicted octanol–water partition coefficient (Wildman–Crippen LogP) is 6.80. The summed E-state index contributed by atoms with van der Waals surface area (Å²) >= 11 is 6.16. The first-order valence-corrected chi connectivity index (χ1v) is 13.9. The summed E-state index contributed by atoms with van der Waals surface area (Å²) in [6.07, 6.45) is 5.63. The van der Waals surface area contributed by atoms with E-state index < -0.39 is 0 Å². The molecule has 7 heteroatoms. The van der Waals surface area contributed by atoms with Crippen molar-refractivity contribution >= 4 is 29.0 Å². The van der Waals surface area contributed by atoms with Crippen molar-refractivity contribution in [3.8, 4) is 5.75 Å². The second kappa shape index (κ2) is 14.3. The minimum atomic E-state index is -0.174. The molecule has 0 bridgehead atoms. The van der Waals surface area contributed by atoms with Crippen LogP contribution in [0.1, 0.15) is 59.8 Å². The molecule has 0 spiro atoms. The van der Waals surface area contributed by atoms with E-state index in [0.29, 0.717) is 16.8 Å². The van der Waals surface area contributed by atoms with Crippen LogP contribution in [0.3, 0.4) is 0 Å². The van der Waals surface area contributed by atoms with E-state index in [1.165, 1.54) is 12.1 Å². The molecule has 2 atom stereocenters. The third-order valence-electron chi connectivity index (χ3n) is 6.79. The topological polar surface area (TPSA) is 56.8 Å². The number of para-hydroxylation sites is 3. The average Bonchev–Trinajstić information content (AvgIpc) is 3.12. The number of rotatable bonds is 6. The van der Waals surface area contributed by atoms with Crippen molar-refractivity contribution in [2.45, 2.75) is 78.0 Å². The molecule has 2 aromatic rings. The molecule has 2 N–H and O–H groups in total. The normalized spacial score (nSPS) is 20.7. The molecule has 4 rings (SSSR count). The summed E-state index contributed by atoms with van der Waals surface area (Å²) in [5.74, 6) is 0.976. The number of urea groups is 1. The molecular formula is C29H43ClN4O2. The zero-order chi connectivity index (χ0) is 25.9. The quantitative estimate of drug-likeness (QED) is 0.416. The molecule has 0 radical (unpaired) electrons. The van der Waals surface area contributed by atoms with Gasteiger partial charge >= 0.3 is 6.03 Å². The highest BCUT2D eigenvalue weighted by molar-refractivity contribution is 6.33. The molecule has 2 aliphatic rings. The summed E-state index contributed by atoms with van der Waals surface area (Å²) < 4.78 is 6.04. The number of hydrogen-bond acceptors (Lipinski definition) is 4. The number of benzene rings is 2. The third-order valence-corrected chi connectivity index (χ3v) is 7.12. The Hall–Kier alpha value is -2.44. The smallest absolute Gasteiger partial charge is 0.319 e. The Bertz CT molecular complexity index is 946. The van der Waals surface area contributed by atoms with Crippen LogP contribution >= 0.6 is 11.6 Å². The van der Waals surface area contributed by atoms with E-state index in [9.17, 15) is 4.79 Å². The Morgan fingerprint density at radius 1 is 0.944 bits per heavy atom. The fourth-order valence-electron chi connectivity index (χ4n) is 5.10. The number of amides is 2. The van der Waals surface area contributed by atoms with Gasteiger partial charge in [-0.3, -0.25) is 4.90 Å². The van der Waals surface area contributed by atoms with E-state index in [1.807, 2.05) is 38.1 Å². The lowest BCUT2D eigenvalue weighted by molar-refractivity contribution is 0.167. The summed E-state index contributed by atoms with van der Waals surface area (Å²) in [6.45, 7) is 12.3. The molecule has 2 fully saturated rings. The molecule has 198 valence electrons. The molecule has 0 unspecified atom stereocenters. The Balaban J connectivity index is 0.00000176. The molecule has 0 aromatic heterocycles. The van der Waals surface area contributed by atoms with Gasteiger partial charge in [-0.25, -0.2) is 4.79 Å². The van der Waals surface area contributed by atoms with Crippen LogP contribution in [0.15, 0.2) is 48.5 Å². The van der Waals surface area contributed by atoms with Crippen LogP contribution in [-0.4, -0.2) is 55.3 Å². The van der Waals surface area contributed by atoms with E-state index in [-0.39, 0.29) is 18.2 Å². The summed E-state index contributed by atoms with van der Waals surface area (Å²) in [5, 5.41) is 6.59. The zero-order valence-electron chi connectivity index (χ0n) is 22.3. The van der Waals surface area contributed by atoms with Crippen LogP contribution in [0.25, 0.3) is 0 Å². The van der Waals surface area contributed by atoms with Crippen molar-refractivity contribution in [2.24, 2.45) is 0 Å². The standard InChI is InChI=1S/C27H37ClN4O2.C2H6/c1-20(2)34-26-13-6-5-12-25(26)32-18-16-31(17-19-32)22-9-7-8-21(14-15-22)29-27(33)30-24-11-4-3-10-23(24)28;1-2/h3-6,10-13,20-22H,7-9,14-19H2,1-2H3,(H2,29,30,33);1-2H3/t21-,22+;/m0./s1. The average molecular weight is 515 g/mol. The highest BCUT2D eigenvalue weighted by Gasteiger charge is 2.28. The number of nitrogens with zero attached hydrogens (tertiary/aromatic N) is 2. The molecule has 1 aliphatic carbocycles. The number of nitrogens with one attached hydrogen (secondary N) is 2. The molecule has 36 heavy (non-hydrogen) atoms. The van der Waals surface area contributed by atoms with Crippen molar-refractivity contribution in [2.75, 3.05) is 36.4 Å². The Morgan fingerprint density at radius 3 is 2.36 bits per heavy atom. The maximum Gasteiger partial charge on any atom is 0.319 e. The van der Waals surface area contributed by atoms with E-state index in [0.717, 1.165) is 57.6 Å². The lowest BCUT2D eigenvalue weighted by Gasteiger charge is -2.40. The first-order chi connectivity index (χ1) is 17.5. The number of carbonyl (C=O) groups excluding carboxylic acids is 1. The van der Waals surface area contributed by atoms with Crippen molar-refractivity contribution < 1.29 is 9.53 Å². The highest BCUT2D eigenvalue weighted by atomic mass is 35.5. The lowest BCUT2D eigenvalue weighted by atomic mass is 10.1. The number of anilines is 2. The number of carbonyl (C=O) groups is 1. The van der Waals surface area contributed by atoms with Crippen molar-refractivity contribution in [3.05, 3.63) is 53.6 Å². The molecule has 1 aliphatic heterocycles. The van der Waals surface area contributed by atoms with Crippen LogP contribution in [-0.2, 0) is 0 Å². The molecular weight excluding hydrogens is 472 g/mol. The number of ether oxygens (including phenoxy) is 1. The van der Waals surface area contributed by atoms with Gasteiger partial charge in [0.2, 0.25) is 0 Å². The fraction of sp³-hybridized carbons (Fsp3) is 0.552. The molecule has 2 amide bonds. The summed E-state index contributed by atoms with van der Waals surface area (Å²) in [6, 6.07) is 16.3. The van der Waals surface area contributed by atoms with Crippen LogP contribution in [0.2, 0.25) is 5.02 Å². The second-order valence-electron chi connectivity index (χ2n) is 9.59. The summed E-state index contributed by atoms with van der Waals surface area (Å²) in [4.78, 5) is 17.6. The summed E-state index contributed by atoms with van der Waals surface area (Å²) in [5.41, 5.74) is 1.84. The molecule has 1 saturated heterocycles. The van der Waals surface area contributed by atoms with E-state index >= 15 is 0 Å². The van der Waals surface area contributed by atoms with Gasteiger partial charge in [-0.2, -0.15) is 0 Å². The van der Waals surface area contributed by atoms with Gasteiger partial charge in [0.1, 0.15) is 5.75 Å². The first kappa shape index (κ1) is 28.1. The minimum Gasteiger partial charge on any atom is -0.489 e. The number of halogens is 1. The van der Waals surface area contributed by atoms with Gasteiger partial charge in [-0.05, 0) is 70.2 Å². The van der Waals surface area contributed by atoms with Crippen LogP contribution < -0.4 is 20.3 Å². The van der Waals surface area contributed by atoms with Gasteiger partial charge < -0.3 is 20.3 Å². The maximum absolute atomic E-state index is 12.5. The van der Waals surface area contributed by atoms with Gasteiger partial charge in [-0.1, -0.05) is 49.7 Å². The van der Waals surface area contributed by atoms with Crippen molar-refractivity contribution in [1.29, 1.82) is 0 Å². The first-order valence-electron chi connectivity index (χ1n) is 13.6. The Morgan fingerprint density at radius 2 is 1.64 bits per heavy atom. The zero-order valence-corrected chi connectivity index (χ0v) is 23.1. The van der Waals surface area contributed by atoms with Crippen molar-refractivity contribution in [1.82, 2.24) is 10.2 Å². The van der Waals surface area contributed by atoms with Crippen LogP contribution in [0.5, 0.6) is 5.75 Å². The van der Waals surface area contributed by atoms with Gasteiger partial charge in [0.15, 0.2) is 0 Å². The van der Waals surface area contributed by atoms with Crippen LogP contribution in [0.4, 0.5) is 16.2 Å². The van der Waals surface area contributed by atoms with E-state index in [1.54, 1.807) is 6.07 Å². The largest absolute Gasteiger partial charge is 0.489 e. The molecule has 6 nitrogen and oxygen atoms in total. The van der Waals surface area contributed by atoms with E-state index in [2.05, 4.69) is 52.5 Å². The predicted molar refractivity (Wildman–Crippen MR) is 152 cm³/mol. The van der Waals surface area contributed by atoms with Gasteiger partial charge in [0, 0.05) is 38.3 Å². The maximum atomic E-state index is 12.5. The number of piperazine rings is 1. The minimum absolute atomic E-state index is 0.168. The van der Waals surface area contributed by atoms with Gasteiger partial charge in [0.05, 0.1) is 22.5 Å². The highest BCUT2D eigenvalue weighted by Crippen LogP contribution is 2.31. The SMILES string of the molecule is CC.CC(C)Oc1ccccc1N1CCN([C@@H]2CCC[C@H](NC(=O)Nc3ccccc3Cl)CC2)CC1. The van der Waals surface area contributed by atoms with Crippen molar-refractivity contribution in [3.63, 3.8) is 0 Å². The third kappa shape index (κ3) is 8.04.